The predicted octanol–water partition coefficient (Wildman–Crippen LogP) is 2.31. The van der Waals surface area contributed by atoms with Gasteiger partial charge in [-0.1, -0.05) is 6.07 Å². The number of rotatable bonds is 5. The molecule has 100 valence electrons. The summed E-state index contributed by atoms with van der Waals surface area (Å²) in [7, 11) is 1.59. The molecule has 2 aromatic rings. The number of nitrogens with two attached hydrogens (primary N) is 1. The largest absolute Gasteiger partial charge is 0.497 e. The molecule has 2 rings (SSSR count). The van der Waals surface area contributed by atoms with Gasteiger partial charge in [-0.25, -0.2) is 4.98 Å². The van der Waals surface area contributed by atoms with E-state index in [0.29, 0.717) is 23.7 Å². The highest BCUT2D eigenvalue weighted by Crippen LogP contribution is 2.17. The number of aromatic nitrogens is 1. The molecule has 1 aromatic heterocycles. The number of ether oxygens (including phenoxy) is 1. The number of anilines is 2. The van der Waals surface area contributed by atoms with Crippen molar-refractivity contribution < 1.29 is 9.53 Å². The highest BCUT2D eigenvalue weighted by Gasteiger charge is 2.06. The Morgan fingerprint density at radius 1 is 1.53 bits per heavy atom. The molecule has 0 aliphatic heterocycles. The lowest BCUT2D eigenvalue weighted by atomic mass is 10.2. The zero-order valence-electron chi connectivity index (χ0n) is 10.6. The summed E-state index contributed by atoms with van der Waals surface area (Å²) in [4.78, 5) is 15.9. The Balaban J connectivity index is 1.86. The molecule has 19 heavy (non-hydrogen) atoms. The number of benzene rings is 1. The van der Waals surface area contributed by atoms with Crippen molar-refractivity contribution in [2.45, 2.75) is 12.8 Å². The van der Waals surface area contributed by atoms with Crippen LogP contribution in [0.1, 0.15) is 12.1 Å². The minimum atomic E-state index is -0.0557. The third kappa shape index (κ3) is 3.96. The first-order chi connectivity index (χ1) is 9.17. The lowest BCUT2D eigenvalue weighted by molar-refractivity contribution is -0.116. The van der Waals surface area contributed by atoms with E-state index >= 15 is 0 Å². The molecule has 0 unspecified atom stereocenters. The van der Waals surface area contributed by atoms with Crippen LogP contribution < -0.4 is 15.8 Å². The quantitative estimate of drug-likeness (QED) is 0.879. The van der Waals surface area contributed by atoms with Crippen LogP contribution in [0.15, 0.2) is 29.6 Å². The van der Waals surface area contributed by atoms with Gasteiger partial charge in [-0.2, -0.15) is 0 Å². The second kappa shape index (κ2) is 6.19. The summed E-state index contributed by atoms with van der Waals surface area (Å²) in [6.45, 7) is 0. The number of thiazole rings is 1. The molecule has 6 heteroatoms. The molecular formula is C13H15N3O2S. The van der Waals surface area contributed by atoms with Gasteiger partial charge in [0.1, 0.15) is 5.75 Å². The van der Waals surface area contributed by atoms with Crippen molar-refractivity contribution in [1.29, 1.82) is 0 Å². The van der Waals surface area contributed by atoms with Crippen LogP contribution >= 0.6 is 11.3 Å². The van der Waals surface area contributed by atoms with E-state index in [4.69, 9.17) is 10.5 Å². The van der Waals surface area contributed by atoms with E-state index in [1.165, 1.54) is 11.3 Å². The summed E-state index contributed by atoms with van der Waals surface area (Å²) in [5.41, 5.74) is 7.11. The smallest absolute Gasteiger partial charge is 0.224 e. The van der Waals surface area contributed by atoms with Gasteiger partial charge in [-0.15, -0.1) is 11.3 Å². The monoisotopic (exact) mass is 277 g/mol. The molecular weight excluding hydrogens is 262 g/mol. The van der Waals surface area contributed by atoms with E-state index in [1.54, 1.807) is 13.2 Å². The molecule has 1 aromatic carbocycles. The first kappa shape index (κ1) is 13.4. The van der Waals surface area contributed by atoms with Crippen molar-refractivity contribution in [2.75, 3.05) is 18.2 Å². The molecule has 0 atom stereocenters. The van der Waals surface area contributed by atoms with Crippen molar-refractivity contribution in [3.05, 3.63) is 35.3 Å². The van der Waals surface area contributed by atoms with Crippen LogP contribution in [0.4, 0.5) is 10.8 Å². The van der Waals surface area contributed by atoms with Gasteiger partial charge in [0.2, 0.25) is 5.91 Å². The van der Waals surface area contributed by atoms with Crippen LogP contribution in [0.5, 0.6) is 5.75 Å². The van der Waals surface area contributed by atoms with Gasteiger partial charge in [0, 0.05) is 23.6 Å². The molecule has 3 N–H and O–H groups in total. The van der Waals surface area contributed by atoms with Crippen LogP contribution in [-0.2, 0) is 11.2 Å². The molecule has 0 aliphatic carbocycles. The number of aryl methyl sites for hydroxylation is 1. The number of hydrogen-bond acceptors (Lipinski definition) is 5. The topological polar surface area (TPSA) is 77.2 Å². The zero-order chi connectivity index (χ0) is 13.7. The van der Waals surface area contributed by atoms with Crippen molar-refractivity contribution in [2.24, 2.45) is 0 Å². The van der Waals surface area contributed by atoms with Crippen molar-refractivity contribution in [1.82, 2.24) is 4.98 Å². The van der Waals surface area contributed by atoms with Gasteiger partial charge < -0.3 is 15.8 Å². The van der Waals surface area contributed by atoms with Crippen molar-refractivity contribution in [3.8, 4) is 5.75 Å². The zero-order valence-corrected chi connectivity index (χ0v) is 11.4. The Hall–Kier alpha value is -2.08. The highest BCUT2D eigenvalue weighted by molar-refractivity contribution is 7.13. The molecule has 0 aliphatic rings. The third-order valence-electron chi connectivity index (χ3n) is 2.53. The molecule has 0 saturated heterocycles. The summed E-state index contributed by atoms with van der Waals surface area (Å²) in [6, 6.07) is 7.25. The van der Waals surface area contributed by atoms with Crippen molar-refractivity contribution in [3.63, 3.8) is 0 Å². The first-order valence-electron chi connectivity index (χ1n) is 5.81. The number of hydrogen-bond donors (Lipinski definition) is 2. The van der Waals surface area contributed by atoms with E-state index in [9.17, 15) is 4.79 Å². The summed E-state index contributed by atoms with van der Waals surface area (Å²) in [5.74, 6) is 0.657. The fourth-order valence-corrected chi connectivity index (χ4v) is 2.20. The summed E-state index contributed by atoms with van der Waals surface area (Å²) >= 11 is 1.38. The number of nitrogens with zero attached hydrogens (tertiary/aromatic N) is 1. The lowest BCUT2D eigenvalue weighted by Gasteiger charge is -2.06. The maximum Gasteiger partial charge on any atom is 0.224 e. The molecule has 5 nitrogen and oxygen atoms in total. The first-order valence-corrected chi connectivity index (χ1v) is 6.69. The fraction of sp³-hybridized carbons (Fsp3) is 0.231. The van der Waals surface area contributed by atoms with Crippen LogP contribution in [0.2, 0.25) is 0 Å². The van der Waals surface area contributed by atoms with E-state index < -0.39 is 0 Å². The number of amides is 1. The Morgan fingerprint density at radius 3 is 3.05 bits per heavy atom. The third-order valence-corrected chi connectivity index (χ3v) is 3.25. The molecule has 1 amide bonds. The Labute approximate surface area is 115 Å². The summed E-state index contributed by atoms with van der Waals surface area (Å²) in [6.07, 6.45) is 0.962. The second-order valence-electron chi connectivity index (χ2n) is 3.96. The molecule has 0 saturated carbocycles. The second-order valence-corrected chi connectivity index (χ2v) is 4.85. The van der Waals surface area contributed by atoms with Gasteiger partial charge in [0.15, 0.2) is 5.13 Å². The number of methoxy groups -OCH3 is 1. The van der Waals surface area contributed by atoms with Crippen LogP contribution in [0, 0.1) is 0 Å². The molecule has 0 bridgehead atoms. The summed E-state index contributed by atoms with van der Waals surface area (Å²) < 4.78 is 5.09. The standard InChI is InChI=1S/C13H15N3O2S/c1-18-11-4-2-3-9(7-11)15-12(17)6-5-10-8-19-13(14)16-10/h2-4,7-8H,5-6H2,1H3,(H2,14,16)(H,15,17). The van der Waals surface area contributed by atoms with Gasteiger partial charge in [0.25, 0.3) is 0 Å². The van der Waals surface area contributed by atoms with Crippen LogP contribution in [0.25, 0.3) is 0 Å². The predicted molar refractivity (Wildman–Crippen MR) is 76.5 cm³/mol. The molecule has 0 spiro atoms. The van der Waals surface area contributed by atoms with Crippen LogP contribution in [0.3, 0.4) is 0 Å². The summed E-state index contributed by atoms with van der Waals surface area (Å²) in [5, 5.41) is 5.22. The van der Waals surface area contributed by atoms with E-state index in [0.717, 1.165) is 11.4 Å². The average molecular weight is 277 g/mol. The maximum absolute atomic E-state index is 11.8. The minimum absolute atomic E-state index is 0.0557. The van der Waals surface area contributed by atoms with Gasteiger partial charge in [-0.3, -0.25) is 4.79 Å². The Kier molecular flexibility index (Phi) is 4.35. The number of nitrogens with one attached hydrogen (secondary N) is 1. The van der Waals surface area contributed by atoms with Gasteiger partial charge in [0.05, 0.1) is 12.8 Å². The average Bonchev–Trinajstić information content (AvgIpc) is 2.82. The lowest BCUT2D eigenvalue weighted by Crippen LogP contribution is -2.12. The fourth-order valence-electron chi connectivity index (χ4n) is 1.60. The SMILES string of the molecule is COc1cccc(NC(=O)CCc2csc(N)n2)c1. The highest BCUT2D eigenvalue weighted by atomic mass is 32.1. The minimum Gasteiger partial charge on any atom is -0.497 e. The number of carbonyl (C=O) groups is 1. The van der Waals surface area contributed by atoms with Crippen LogP contribution in [-0.4, -0.2) is 18.0 Å². The molecule has 1 heterocycles. The molecule has 0 fully saturated rings. The van der Waals surface area contributed by atoms with Gasteiger partial charge >= 0.3 is 0 Å². The Morgan fingerprint density at radius 2 is 2.37 bits per heavy atom. The van der Waals surface area contributed by atoms with Gasteiger partial charge in [-0.05, 0) is 18.6 Å². The normalized spacial score (nSPS) is 10.2. The number of carbonyl (C=O) groups excluding carboxylic acids is 1. The van der Waals surface area contributed by atoms with E-state index in [1.807, 2.05) is 23.6 Å². The maximum atomic E-state index is 11.8. The molecule has 0 radical (unpaired) electrons. The van der Waals surface area contributed by atoms with E-state index in [-0.39, 0.29) is 5.91 Å². The number of nitrogen functional groups attached to an aromatic ring is 1. The van der Waals surface area contributed by atoms with Crippen molar-refractivity contribution >= 4 is 28.1 Å². The van der Waals surface area contributed by atoms with E-state index in [2.05, 4.69) is 10.3 Å². The Bertz CT molecular complexity index is 569.